The Bertz CT molecular complexity index is 468. The van der Waals surface area contributed by atoms with Gasteiger partial charge in [-0.1, -0.05) is 11.6 Å². The van der Waals surface area contributed by atoms with Crippen LogP contribution in [-0.2, 0) is 9.59 Å². The number of carbonyl (C=O) groups is 2. The average molecular weight is 275 g/mol. The number of benzene rings is 1. The molecule has 5 nitrogen and oxygen atoms in total. The van der Waals surface area contributed by atoms with Gasteiger partial charge in [-0.25, -0.2) is 9.18 Å². The maximum Gasteiger partial charge on any atom is 0.328 e. The maximum atomic E-state index is 13.1. The van der Waals surface area contributed by atoms with Gasteiger partial charge in [-0.3, -0.25) is 4.79 Å². The average Bonchev–Trinajstić information content (AvgIpc) is 2.28. The first-order valence-electron chi connectivity index (χ1n) is 5.09. The molecule has 1 unspecified atom stereocenters. The molecule has 7 heteroatoms. The number of carbonyl (C=O) groups excluding carboxylic acids is 1. The second-order valence-electron chi connectivity index (χ2n) is 3.60. The van der Waals surface area contributed by atoms with Crippen LogP contribution >= 0.6 is 11.6 Å². The smallest absolute Gasteiger partial charge is 0.328 e. The third-order valence-corrected chi connectivity index (χ3v) is 2.41. The molecule has 98 valence electrons. The molecule has 0 fully saturated rings. The van der Waals surface area contributed by atoms with Gasteiger partial charge >= 0.3 is 5.97 Å². The number of aliphatic carboxylic acids is 1. The zero-order valence-electron chi connectivity index (χ0n) is 9.54. The van der Waals surface area contributed by atoms with Crippen LogP contribution in [0.15, 0.2) is 18.2 Å². The van der Waals surface area contributed by atoms with Crippen molar-refractivity contribution in [1.29, 1.82) is 0 Å². The summed E-state index contributed by atoms with van der Waals surface area (Å²) in [7, 11) is 0. The second-order valence-corrected chi connectivity index (χ2v) is 4.01. The van der Waals surface area contributed by atoms with Crippen molar-refractivity contribution >= 4 is 29.2 Å². The van der Waals surface area contributed by atoms with E-state index in [1.807, 2.05) is 0 Å². The largest absolute Gasteiger partial charge is 0.480 e. The van der Waals surface area contributed by atoms with Crippen molar-refractivity contribution in [3.8, 4) is 0 Å². The highest BCUT2D eigenvalue weighted by molar-refractivity contribution is 6.30. The van der Waals surface area contributed by atoms with Crippen molar-refractivity contribution in [3.05, 3.63) is 29.0 Å². The summed E-state index contributed by atoms with van der Waals surface area (Å²) in [5.74, 6) is -2.23. The van der Waals surface area contributed by atoms with Gasteiger partial charge in [0.2, 0.25) is 5.91 Å². The first-order valence-corrected chi connectivity index (χ1v) is 5.46. The molecule has 1 aromatic rings. The summed E-state index contributed by atoms with van der Waals surface area (Å²) in [6.45, 7) is 1.16. The van der Waals surface area contributed by atoms with Crippen LogP contribution in [0.1, 0.15) is 6.92 Å². The number of amides is 1. The van der Waals surface area contributed by atoms with E-state index in [4.69, 9.17) is 16.7 Å². The van der Waals surface area contributed by atoms with Crippen molar-refractivity contribution in [2.24, 2.45) is 0 Å². The molecule has 0 bridgehead atoms. The lowest BCUT2D eigenvalue weighted by Crippen LogP contribution is -2.44. The normalized spacial score (nSPS) is 11.7. The highest BCUT2D eigenvalue weighted by Gasteiger charge is 2.17. The van der Waals surface area contributed by atoms with Gasteiger partial charge in [0.15, 0.2) is 0 Å². The zero-order valence-corrected chi connectivity index (χ0v) is 10.3. The van der Waals surface area contributed by atoms with E-state index in [9.17, 15) is 14.0 Å². The van der Waals surface area contributed by atoms with Crippen LogP contribution in [0.25, 0.3) is 0 Å². The number of carboxylic acids is 1. The van der Waals surface area contributed by atoms with Gasteiger partial charge in [0, 0.05) is 19.2 Å². The van der Waals surface area contributed by atoms with Gasteiger partial charge in [-0.2, -0.15) is 0 Å². The fraction of sp³-hybridized carbons (Fsp3) is 0.273. The van der Waals surface area contributed by atoms with Crippen LogP contribution in [0.4, 0.5) is 10.1 Å². The molecular formula is C11H12ClFN2O3. The van der Waals surface area contributed by atoms with E-state index in [2.05, 4.69) is 10.6 Å². The van der Waals surface area contributed by atoms with E-state index in [-0.39, 0.29) is 11.6 Å². The van der Waals surface area contributed by atoms with Crippen LogP contribution in [0.5, 0.6) is 0 Å². The van der Waals surface area contributed by atoms with Crippen molar-refractivity contribution in [2.45, 2.75) is 13.0 Å². The lowest BCUT2D eigenvalue weighted by Gasteiger charge is -2.15. The molecule has 0 aliphatic heterocycles. The van der Waals surface area contributed by atoms with Gasteiger partial charge in [-0.15, -0.1) is 0 Å². The lowest BCUT2D eigenvalue weighted by molar-refractivity contribution is -0.141. The Morgan fingerprint density at radius 3 is 2.67 bits per heavy atom. The molecule has 0 aliphatic rings. The van der Waals surface area contributed by atoms with Crippen molar-refractivity contribution < 1.29 is 19.1 Å². The maximum absolute atomic E-state index is 13.1. The Hall–Kier alpha value is -1.82. The number of carboxylic acid groups (broad SMARTS) is 1. The number of anilines is 1. The van der Waals surface area contributed by atoms with Gasteiger partial charge in [0.25, 0.3) is 0 Å². The van der Waals surface area contributed by atoms with Crippen molar-refractivity contribution in [3.63, 3.8) is 0 Å². The molecule has 0 radical (unpaired) electrons. The minimum atomic E-state index is -1.17. The predicted molar refractivity (Wildman–Crippen MR) is 65.1 cm³/mol. The first-order chi connectivity index (χ1) is 8.40. The first kappa shape index (κ1) is 14.2. The number of hydrogen-bond acceptors (Lipinski definition) is 3. The number of nitrogens with one attached hydrogen (secondary N) is 2. The fourth-order valence-electron chi connectivity index (χ4n) is 1.27. The van der Waals surface area contributed by atoms with Gasteiger partial charge in [0.05, 0.1) is 5.02 Å². The van der Waals surface area contributed by atoms with Crippen LogP contribution in [0.3, 0.4) is 0 Å². The van der Waals surface area contributed by atoms with Crippen LogP contribution < -0.4 is 10.6 Å². The highest BCUT2D eigenvalue weighted by Crippen LogP contribution is 2.18. The van der Waals surface area contributed by atoms with Crippen LogP contribution in [-0.4, -0.2) is 29.6 Å². The Morgan fingerprint density at radius 1 is 1.50 bits per heavy atom. The van der Waals surface area contributed by atoms with Gasteiger partial charge < -0.3 is 15.7 Å². The molecule has 1 atom stereocenters. The standard InChI is InChI=1S/C11H12ClFN2O3/c1-6(16)15-10(11(17)18)5-14-7-2-3-8(12)9(13)4-7/h2-4,10,14H,5H2,1H3,(H,15,16)(H,17,18). The molecule has 0 spiro atoms. The summed E-state index contributed by atoms with van der Waals surface area (Å²) < 4.78 is 13.1. The Morgan fingerprint density at radius 2 is 2.17 bits per heavy atom. The summed E-state index contributed by atoms with van der Waals surface area (Å²) in [4.78, 5) is 21.6. The minimum Gasteiger partial charge on any atom is -0.480 e. The topological polar surface area (TPSA) is 78.4 Å². The fourth-order valence-corrected chi connectivity index (χ4v) is 1.39. The summed E-state index contributed by atoms with van der Waals surface area (Å²) in [6, 6.07) is 2.93. The molecule has 0 aliphatic carbocycles. The molecule has 0 saturated heterocycles. The number of halogens is 2. The molecule has 1 rings (SSSR count). The summed E-state index contributed by atoms with van der Waals surface area (Å²) in [6.07, 6.45) is 0. The van der Waals surface area contributed by atoms with Crippen LogP contribution in [0, 0.1) is 5.82 Å². The van der Waals surface area contributed by atoms with Gasteiger partial charge in [-0.05, 0) is 18.2 Å². The van der Waals surface area contributed by atoms with Gasteiger partial charge in [0.1, 0.15) is 11.9 Å². The number of rotatable bonds is 5. The van der Waals surface area contributed by atoms with Crippen molar-refractivity contribution in [1.82, 2.24) is 5.32 Å². The summed E-state index contributed by atoms with van der Waals surface area (Å²) in [5.41, 5.74) is 0.383. The third-order valence-electron chi connectivity index (χ3n) is 2.11. The quantitative estimate of drug-likeness (QED) is 0.760. The molecule has 1 aromatic carbocycles. The predicted octanol–water partition coefficient (Wildman–Crippen LogP) is 1.48. The Labute approximate surface area is 108 Å². The van der Waals surface area contributed by atoms with E-state index in [0.717, 1.165) is 6.07 Å². The van der Waals surface area contributed by atoms with E-state index in [0.29, 0.717) is 5.69 Å². The SMILES string of the molecule is CC(=O)NC(CNc1ccc(Cl)c(F)c1)C(=O)O. The number of hydrogen-bond donors (Lipinski definition) is 3. The molecular weight excluding hydrogens is 263 g/mol. The lowest BCUT2D eigenvalue weighted by atomic mass is 10.2. The summed E-state index contributed by atoms with van der Waals surface area (Å²) in [5, 5.41) is 13.8. The molecule has 0 saturated carbocycles. The molecule has 0 heterocycles. The Kier molecular flexibility index (Phi) is 4.91. The molecule has 18 heavy (non-hydrogen) atoms. The van der Waals surface area contributed by atoms with E-state index in [1.165, 1.54) is 19.1 Å². The van der Waals surface area contributed by atoms with Crippen LogP contribution in [0.2, 0.25) is 5.02 Å². The highest BCUT2D eigenvalue weighted by atomic mass is 35.5. The molecule has 3 N–H and O–H groups in total. The Balaban J connectivity index is 2.64. The van der Waals surface area contributed by atoms with Crippen molar-refractivity contribution in [2.75, 3.05) is 11.9 Å². The van der Waals surface area contributed by atoms with E-state index in [1.54, 1.807) is 0 Å². The van der Waals surface area contributed by atoms with E-state index >= 15 is 0 Å². The third kappa shape index (κ3) is 4.21. The summed E-state index contributed by atoms with van der Waals surface area (Å²) >= 11 is 5.51. The zero-order chi connectivity index (χ0) is 13.7. The second kappa shape index (κ2) is 6.20. The molecule has 0 aromatic heterocycles. The minimum absolute atomic E-state index is 0.0165. The van der Waals surface area contributed by atoms with E-state index < -0.39 is 23.7 Å². The molecule has 1 amide bonds. The monoisotopic (exact) mass is 274 g/mol.